The van der Waals surface area contributed by atoms with Crippen molar-refractivity contribution in [1.82, 2.24) is 10.2 Å². The Labute approximate surface area is 189 Å². The number of hydrogen-bond acceptors (Lipinski definition) is 3. The molecule has 0 bridgehead atoms. The fourth-order valence-corrected chi connectivity index (χ4v) is 3.92. The van der Waals surface area contributed by atoms with Gasteiger partial charge in [0.1, 0.15) is 6.04 Å². The van der Waals surface area contributed by atoms with Crippen LogP contribution >= 0.6 is 23.4 Å². The second-order valence-electron chi connectivity index (χ2n) is 7.69. The van der Waals surface area contributed by atoms with E-state index in [-0.39, 0.29) is 11.8 Å². The fraction of sp³-hybridized carbons (Fsp3) is 0.417. The Balaban J connectivity index is 1.97. The van der Waals surface area contributed by atoms with E-state index in [2.05, 4.69) is 19.2 Å². The van der Waals surface area contributed by atoms with E-state index in [0.29, 0.717) is 36.2 Å². The molecule has 6 heteroatoms. The van der Waals surface area contributed by atoms with Crippen molar-refractivity contribution in [2.75, 3.05) is 18.8 Å². The summed E-state index contributed by atoms with van der Waals surface area (Å²) in [6.45, 7) is 7.04. The molecule has 0 spiro atoms. The van der Waals surface area contributed by atoms with Gasteiger partial charge in [0.05, 0.1) is 0 Å². The van der Waals surface area contributed by atoms with Crippen LogP contribution in [-0.4, -0.2) is 41.6 Å². The van der Waals surface area contributed by atoms with Gasteiger partial charge in [-0.2, -0.15) is 0 Å². The number of nitrogens with one attached hydrogen (secondary N) is 1. The van der Waals surface area contributed by atoms with Crippen LogP contribution in [0.4, 0.5) is 0 Å². The molecular formula is C24H31ClN2O2S. The highest BCUT2D eigenvalue weighted by Gasteiger charge is 2.25. The van der Waals surface area contributed by atoms with Crippen molar-refractivity contribution in [2.24, 2.45) is 5.92 Å². The lowest BCUT2D eigenvalue weighted by Gasteiger charge is -2.29. The first-order valence-electron chi connectivity index (χ1n) is 10.4. The molecule has 0 aliphatic carbocycles. The van der Waals surface area contributed by atoms with Gasteiger partial charge in [-0.3, -0.25) is 9.59 Å². The molecular weight excluding hydrogens is 416 g/mol. The molecule has 1 unspecified atom stereocenters. The molecule has 2 amide bonds. The van der Waals surface area contributed by atoms with Crippen molar-refractivity contribution in [3.8, 4) is 0 Å². The van der Waals surface area contributed by atoms with Crippen molar-refractivity contribution in [2.45, 2.75) is 44.6 Å². The van der Waals surface area contributed by atoms with Crippen LogP contribution in [0, 0.1) is 5.92 Å². The number of thioether (sulfide) groups is 1. The highest BCUT2D eigenvalue weighted by Crippen LogP contribution is 2.21. The average Bonchev–Trinajstić information content (AvgIpc) is 2.74. The zero-order chi connectivity index (χ0) is 21.9. The summed E-state index contributed by atoms with van der Waals surface area (Å²) >= 11 is 7.54. The van der Waals surface area contributed by atoms with Gasteiger partial charge in [0.2, 0.25) is 11.8 Å². The largest absolute Gasteiger partial charge is 0.354 e. The van der Waals surface area contributed by atoms with E-state index >= 15 is 0 Å². The van der Waals surface area contributed by atoms with Gasteiger partial charge in [0, 0.05) is 35.2 Å². The zero-order valence-corrected chi connectivity index (χ0v) is 19.5. The number of benzene rings is 2. The van der Waals surface area contributed by atoms with Crippen molar-refractivity contribution in [3.63, 3.8) is 0 Å². The molecule has 162 valence electrons. The third-order valence-corrected chi connectivity index (χ3v) is 6.00. The molecule has 2 rings (SSSR count). The van der Waals surface area contributed by atoms with Crippen LogP contribution < -0.4 is 5.32 Å². The maximum Gasteiger partial charge on any atom is 0.242 e. The minimum Gasteiger partial charge on any atom is -0.354 e. The topological polar surface area (TPSA) is 49.4 Å². The lowest BCUT2D eigenvalue weighted by atomic mass is 10.1. The summed E-state index contributed by atoms with van der Waals surface area (Å²) in [5.41, 5.74) is 1.15. The molecule has 0 saturated heterocycles. The predicted octanol–water partition coefficient (Wildman–Crippen LogP) is 5.05. The standard InChI is InChI=1S/C24H31ClN2O2S/c1-18(2)17-26-24(29)19(3)27(15-13-20-7-5-4-6-8-20)23(28)14-16-30-22-11-9-21(25)10-12-22/h4-12,18-19H,13-17H2,1-3H3,(H,26,29). The van der Waals surface area contributed by atoms with Crippen LogP contribution in [0.1, 0.15) is 32.8 Å². The number of amides is 2. The number of rotatable bonds is 11. The SMILES string of the molecule is CC(C)CNC(=O)C(C)N(CCc1ccccc1)C(=O)CCSc1ccc(Cl)cc1. The van der Waals surface area contributed by atoms with Crippen LogP contribution in [-0.2, 0) is 16.0 Å². The maximum absolute atomic E-state index is 13.0. The number of carbonyl (C=O) groups is 2. The Morgan fingerprint density at radius 2 is 1.70 bits per heavy atom. The van der Waals surface area contributed by atoms with Gasteiger partial charge in [-0.1, -0.05) is 55.8 Å². The van der Waals surface area contributed by atoms with E-state index in [1.54, 1.807) is 16.7 Å². The number of nitrogens with zero attached hydrogens (tertiary/aromatic N) is 1. The highest BCUT2D eigenvalue weighted by molar-refractivity contribution is 7.99. The summed E-state index contributed by atoms with van der Waals surface area (Å²) in [5, 5.41) is 3.65. The third-order valence-electron chi connectivity index (χ3n) is 4.73. The minimum absolute atomic E-state index is 0.000378. The van der Waals surface area contributed by atoms with Crippen LogP contribution in [0.5, 0.6) is 0 Å². The van der Waals surface area contributed by atoms with Gasteiger partial charge < -0.3 is 10.2 Å². The summed E-state index contributed by atoms with van der Waals surface area (Å²) < 4.78 is 0. The molecule has 4 nitrogen and oxygen atoms in total. The van der Waals surface area contributed by atoms with Gasteiger partial charge in [-0.15, -0.1) is 11.8 Å². The van der Waals surface area contributed by atoms with E-state index in [0.717, 1.165) is 16.9 Å². The number of halogens is 1. The molecule has 0 aliphatic heterocycles. The van der Waals surface area contributed by atoms with E-state index in [9.17, 15) is 9.59 Å². The third kappa shape index (κ3) is 8.41. The molecule has 0 radical (unpaired) electrons. The van der Waals surface area contributed by atoms with Gasteiger partial charge in [-0.05, 0) is 49.1 Å². The Morgan fingerprint density at radius 3 is 2.33 bits per heavy atom. The molecule has 2 aromatic carbocycles. The summed E-state index contributed by atoms with van der Waals surface area (Å²) in [5.74, 6) is 0.920. The summed E-state index contributed by atoms with van der Waals surface area (Å²) in [4.78, 5) is 28.4. The fourth-order valence-electron chi connectivity index (χ4n) is 2.95. The van der Waals surface area contributed by atoms with Crippen LogP contribution in [0.2, 0.25) is 5.02 Å². The normalized spacial score (nSPS) is 11.9. The smallest absolute Gasteiger partial charge is 0.242 e. The molecule has 0 saturated carbocycles. The lowest BCUT2D eigenvalue weighted by molar-refractivity contribution is -0.139. The molecule has 30 heavy (non-hydrogen) atoms. The zero-order valence-electron chi connectivity index (χ0n) is 17.9. The van der Waals surface area contributed by atoms with Crippen LogP contribution in [0.15, 0.2) is 59.5 Å². The van der Waals surface area contributed by atoms with E-state index in [1.807, 2.05) is 61.5 Å². The van der Waals surface area contributed by atoms with Crippen molar-refractivity contribution >= 4 is 35.2 Å². The maximum atomic E-state index is 13.0. The number of hydrogen-bond donors (Lipinski definition) is 1. The molecule has 0 fully saturated rings. The van der Waals surface area contributed by atoms with Crippen molar-refractivity contribution < 1.29 is 9.59 Å². The molecule has 0 aliphatic rings. The summed E-state index contributed by atoms with van der Waals surface area (Å²) in [6.07, 6.45) is 1.10. The predicted molar refractivity (Wildman–Crippen MR) is 126 cm³/mol. The molecule has 2 aromatic rings. The van der Waals surface area contributed by atoms with Gasteiger partial charge >= 0.3 is 0 Å². The number of carbonyl (C=O) groups excluding carboxylic acids is 2. The quantitative estimate of drug-likeness (QED) is 0.491. The molecule has 1 atom stereocenters. The average molecular weight is 447 g/mol. The first-order valence-corrected chi connectivity index (χ1v) is 11.7. The highest BCUT2D eigenvalue weighted by atomic mass is 35.5. The van der Waals surface area contributed by atoms with Gasteiger partial charge in [-0.25, -0.2) is 0 Å². The summed E-state index contributed by atoms with van der Waals surface area (Å²) in [7, 11) is 0. The van der Waals surface area contributed by atoms with Gasteiger partial charge in [0.15, 0.2) is 0 Å². The first-order chi connectivity index (χ1) is 14.4. The van der Waals surface area contributed by atoms with E-state index in [4.69, 9.17) is 11.6 Å². The Morgan fingerprint density at radius 1 is 1.03 bits per heavy atom. The van der Waals surface area contributed by atoms with E-state index in [1.165, 1.54) is 0 Å². The van der Waals surface area contributed by atoms with Crippen LogP contribution in [0.25, 0.3) is 0 Å². The Kier molecular flexibility index (Phi) is 10.2. The Hall–Kier alpha value is -1.98. The second-order valence-corrected chi connectivity index (χ2v) is 9.29. The first kappa shape index (κ1) is 24.3. The van der Waals surface area contributed by atoms with Crippen molar-refractivity contribution in [1.29, 1.82) is 0 Å². The van der Waals surface area contributed by atoms with Gasteiger partial charge in [0.25, 0.3) is 0 Å². The molecule has 0 aromatic heterocycles. The second kappa shape index (κ2) is 12.7. The Bertz CT molecular complexity index is 797. The van der Waals surface area contributed by atoms with Crippen LogP contribution in [0.3, 0.4) is 0 Å². The minimum atomic E-state index is -0.500. The lowest BCUT2D eigenvalue weighted by Crippen LogP contribution is -2.49. The molecule has 0 heterocycles. The van der Waals surface area contributed by atoms with Crippen molar-refractivity contribution in [3.05, 3.63) is 65.2 Å². The summed E-state index contributed by atoms with van der Waals surface area (Å²) in [6, 6.07) is 17.1. The van der Waals surface area contributed by atoms with E-state index < -0.39 is 6.04 Å². The monoisotopic (exact) mass is 446 g/mol. The molecule has 1 N–H and O–H groups in total.